The summed E-state index contributed by atoms with van der Waals surface area (Å²) in [6.45, 7) is 4.09. The van der Waals surface area contributed by atoms with Crippen LogP contribution >= 0.6 is 11.6 Å². The largest absolute Gasteiger partial charge is 0.353 e. The number of sulfone groups is 1. The number of hydrogen-bond donors (Lipinski definition) is 1. The van der Waals surface area contributed by atoms with Crippen LogP contribution in [0.5, 0.6) is 0 Å². The normalized spacial score (nSPS) is 22.2. The number of rotatable bonds is 7. The molecule has 0 atom stereocenters. The maximum Gasteiger partial charge on any atom is 0.236 e. The fourth-order valence-corrected chi connectivity index (χ4v) is 6.88. The molecule has 10 heteroatoms. The Hall–Kier alpha value is -1.97. The van der Waals surface area contributed by atoms with Crippen molar-refractivity contribution in [2.75, 3.05) is 13.1 Å². The minimum atomic E-state index is -3.75. The van der Waals surface area contributed by atoms with Crippen LogP contribution in [0.2, 0.25) is 5.02 Å². The molecule has 8 nitrogen and oxygen atoms in total. The number of carbonyl (C=O) groups excluding carboxylic acids is 1. The zero-order chi connectivity index (χ0) is 22.7. The predicted molar refractivity (Wildman–Crippen MR) is 120 cm³/mol. The highest BCUT2D eigenvalue weighted by Crippen LogP contribution is 2.28. The van der Waals surface area contributed by atoms with Crippen LogP contribution in [0.4, 0.5) is 0 Å². The fraction of sp³-hybridized carbons (Fsp3) is 0.591. The number of carbonyl (C=O) groups is 1. The SMILES string of the molecule is Cc1cccc(Cl)c1S(=O)(=O)Cc1noc(CC(=O)NC2CCC(N3CCCC3)CC2)n1. The van der Waals surface area contributed by atoms with Crippen LogP contribution in [0.25, 0.3) is 0 Å². The Kier molecular flexibility index (Phi) is 7.17. The molecule has 1 saturated heterocycles. The molecule has 0 spiro atoms. The van der Waals surface area contributed by atoms with Gasteiger partial charge in [-0.1, -0.05) is 28.9 Å². The van der Waals surface area contributed by atoms with Crippen LogP contribution in [0, 0.1) is 6.92 Å². The van der Waals surface area contributed by atoms with E-state index in [9.17, 15) is 13.2 Å². The molecule has 1 aliphatic heterocycles. The van der Waals surface area contributed by atoms with Crippen molar-refractivity contribution in [3.05, 3.63) is 40.5 Å². The van der Waals surface area contributed by atoms with Crippen molar-refractivity contribution >= 4 is 27.3 Å². The molecule has 1 aromatic heterocycles. The van der Waals surface area contributed by atoms with E-state index >= 15 is 0 Å². The number of aryl methyl sites for hydroxylation is 1. The van der Waals surface area contributed by atoms with Gasteiger partial charge < -0.3 is 14.7 Å². The Bertz CT molecular complexity index is 1040. The fourth-order valence-electron chi connectivity index (χ4n) is 4.78. The molecule has 0 bridgehead atoms. The molecular formula is C22H29ClN4O4S. The van der Waals surface area contributed by atoms with Crippen LogP contribution in [0.3, 0.4) is 0 Å². The van der Waals surface area contributed by atoms with Gasteiger partial charge in [0.05, 0.1) is 9.92 Å². The Morgan fingerprint density at radius 3 is 2.62 bits per heavy atom. The highest BCUT2D eigenvalue weighted by molar-refractivity contribution is 7.90. The lowest BCUT2D eigenvalue weighted by Crippen LogP contribution is -2.43. The number of hydrogen-bond acceptors (Lipinski definition) is 7. The summed E-state index contributed by atoms with van der Waals surface area (Å²) in [6.07, 6.45) is 6.67. The van der Waals surface area contributed by atoms with Crippen molar-refractivity contribution in [3.63, 3.8) is 0 Å². The highest BCUT2D eigenvalue weighted by Gasteiger charge is 2.29. The summed E-state index contributed by atoms with van der Waals surface area (Å²) in [4.78, 5) is 19.2. The van der Waals surface area contributed by atoms with Gasteiger partial charge in [-0.25, -0.2) is 8.42 Å². The van der Waals surface area contributed by atoms with Gasteiger partial charge in [0.15, 0.2) is 15.7 Å². The van der Waals surface area contributed by atoms with Gasteiger partial charge in [0.1, 0.15) is 12.2 Å². The van der Waals surface area contributed by atoms with E-state index in [4.69, 9.17) is 16.1 Å². The number of nitrogens with one attached hydrogen (secondary N) is 1. The highest BCUT2D eigenvalue weighted by atomic mass is 35.5. The Morgan fingerprint density at radius 1 is 1.22 bits per heavy atom. The molecule has 0 unspecified atom stereocenters. The maximum absolute atomic E-state index is 12.8. The second-order valence-corrected chi connectivity index (χ2v) is 11.1. The first-order valence-corrected chi connectivity index (χ1v) is 13.2. The minimum absolute atomic E-state index is 0.0123. The molecule has 4 rings (SSSR count). The number of likely N-dealkylation sites (tertiary alicyclic amines) is 1. The van der Waals surface area contributed by atoms with Crippen molar-refractivity contribution in [2.24, 2.45) is 0 Å². The van der Waals surface area contributed by atoms with Gasteiger partial charge in [-0.3, -0.25) is 4.79 Å². The Balaban J connectivity index is 1.29. The van der Waals surface area contributed by atoms with Crippen LogP contribution in [0.15, 0.2) is 27.6 Å². The number of halogens is 1. The molecule has 1 aromatic carbocycles. The summed E-state index contributed by atoms with van der Waals surface area (Å²) in [7, 11) is -3.75. The molecule has 0 radical (unpaired) electrons. The van der Waals surface area contributed by atoms with Gasteiger partial charge in [-0.2, -0.15) is 4.98 Å². The van der Waals surface area contributed by atoms with E-state index in [1.165, 1.54) is 32.0 Å². The average Bonchev–Trinajstić information content (AvgIpc) is 3.40. The molecule has 1 amide bonds. The van der Waals surface area contributed by atoms with Crippen molar-refractivity contribution in [1.82, 2.24) is 20.4 Å². The molecule has 2 heterocycles. The van der Waals surface area contributed by atoms with Crippen molar-refractivity contribution in [1.29, 1.82) is 0 Å². The zero-order valence-corrected chi connectivity index (χ0v) is 19.8. The predicted octanol–water partition coefficient (Wildman–Crippen LogP) is 3.07. The molecule has 174 valence electrons. The third-order valence-electron chi connectivity index (χ3n) is 6.33. The maximum atomic E-state index is 12.8. The lowest BCUT2D eigenvalue weighted by atomic mass is 9.90. The summed E-state index contributed by atoms with van der Waals surface area (Å²) in [5.41, 5.74) is 0.556. The molecule has 1 saturated carbocycles. The molecule has 1 aliphatic carbocycles. The third kappa shape index (κ3) is 5.50. The van der Waals surface area contributed by atoms with Gasteiger partial charge >= 0.3 is 0 Å². The van der Waals surface area contributed by atoms with Gasteiger partial charge in [0, 0.05) is 12.1 Å². The molecule has 2 fully saturated rings. The summed E-state index contributed by atoms with van der Waals surface area (Å²) in [5, 5.41) is 6.96. The Labute approximate surface area is 193 Å². The minimum Gasteiger partial charge on any atom is -0.353 e. The first-order valence-electron chi connectivity index (χ1n) is 11.1. The average molecular weight is 481 g/mol. The number of aromatic nitrogens is 2. The van der Waals surface area contributed by atoms with Gasteiger partial charge in [0.25, 0.3) is 0 Å². The van der Waals surface area contributed by atoms with Crippen LogP contribution in [-0.4, -0.2) is 54.5 Å². The quantitative estimate of drug-likeness (QED) is 0.649. The van der Waals surface area contributed by atoms with Crippen molar-refractivity contribution in [2.45, 2.75) is 74.6 Å². The lowest BCUT2D eigenvalue weighted by Gasteiger charge is -2.34. The third-order valence-corrected chi connectivity index (χ3v) is 8.56. The van der Waals surface area contributed by atoms with E-state index in [1.54, 1.807) is 19.1 Å². The van der Waals surface area contributed by atoms with E-state index in [0.717, 1.165) is 25.7 Å². The first-order chi connectivity index (χ1) is 15.3. The molecular weight excluding hydrogens is 452 g/mol. The number of benzene rings is 1. The standard InChI is InChI=1S/C22H29ClN4O4S/c1-15-5-4-6-18(23)22(15)32(29,30)14-19-25-21(31-26-19)13-20(28)24-16-7-9-17(10-8-16)27-11-2-3-12-27/h4-6,16-17H,2-3,7-14H2,1H3,(H,24,28). The van der Waals surface area contributed by atoms with Crippen LogP contribution < -0.4 is 5.32 Å². The lowest BCUT2D eigenvalue weighted by molar-refractivity contribution is -0.121. The summed E-state index contributed by atoms with van der Waals surface area (Å²) >= 11 is 6.09. The molecule has 32 heavy (non-hydrogen) atoms. The summed E-state index contributed by atoms with van der Waals surface area (Å²) in [6, 6.07) is 5.72. The van der Waals surface area contributed by atoms with Gasteiger partial charge in [0.2, 0.25) is 11.8 Å². The van der Waals surface area contributed by atoms with Crippen molar-refractivity contribution < 1.29 is 17.7 Å². The van der Waals surface area contributed by atoms with E-state index in [-0.39, 0.29) is 40.0 Å². The second kappa shape index (κ2) is 9.89. The molecule has 2 aromatic rings. The number of amides is 1. The Morgan fingerprint density at radius 2 is 1.94 bits per heavy atom. The van der Waals surface area contributed by atoms with Crippen LogP contribution in [-0.2, 0) is 26.8 Å². The van der Waals surface area contributed by atoms with Crippen molar-refractivity contribution in [3.8, 4) is 0 Å². The first kappa shape index (κ1) is 23.2. The zero-order valence-electron chi connectivity index (χ0n) is 18.2. The van der Waals surface area contributed by atoms with E-state index in [1.807, 2.05) is 0 Å². The van der Waals surface area contributed by atoms with Gasteiger partial charge in [-0.15, -0.1) is 0 Å². The molecule has 1 N–H and O–H groups in total. The van der Waals surface area contributed by atoms with Gasteiger partial charge in [-0.05, 0) is 70.2 Å². The van der Waals surface area contributed by atoms with E-state index < -0.39 is 15.6 Å². The number of nitrogens with zero attached hydrogens (tertiary/aromatic N) is 3. The van der Waals surface area contributed by atoms with E-state index in [2.05, 4.69) is 20.4 Å². The second-order valence-electron chi connectivity index (χ2n) is 8.74. The topological polar surface area (TPSA) is 105 Å². The van der Waals surface area contributed by atoms with E-state index in [0.29, 0.717) is 11.6 Å². The molecule has 2 aliphatic rings. The monoisotopic (exact) mass is 480 g/mol. The van der Waals surface area contributed by atoms with Crippen LogP contribution in [0.1, 0.15) is 55.8 Å². The smallest absolute Gasteiger partial charge is 0.236 e. The summed E-state index contributed by atoms with van der Waals surface area (Å²) < 4.78 is 30.7. The summed E-state index contributed by atoms with van der Waals surface area (Å²) in [5.74, 6) is -0.509.